The Morgan fingerprint density at radius 3 is 2.57 bits per heavy atom. The zero-order chi connectivity index (χ0) is 15.7. The summed E-state index contributed by atoms with van der Waals surface area (Å²) in [5.74, 6) is 0.341. The van der Waals surface area contributed by atoms with Crippen LogP contribution in [-0.4, -0.2) is 70.5 Å². The fourth-order valence-electron chi connectivity index (χ4n) is 2.55. The molecule has 1 fully saturated rings. The van der Waals surface area contributed by atoms with Gasteiger partial charge < -0.3 is 10.2 Å². The van der Waals surface area contributed by atoms with Gasteiger partial charge in [0.05, 0.1) is 0 Å². The smallest absolute Gasteiger partial charge is 0.279 e. The van der Waals surface area contributed by atoms with Crippen LogP contribution in [0.4, 0.5) is 0 Å². The molecule has 0 aliphatic carbocycles. The maximum absolute atomic E-state index is 12.1. The van der Waals surface area contributed by atoms with E-state index in [2.05, 4.69) is 21.9 Å². The van der Waals surface area contributed by atoms with Crippen molar-refractivity contribution in [2.45, 2.75) is 33.1 Å². The summed E-state index contributed by atoms with van der Waals surface area (Å²) in [4.78, 5) is 2.42. The molecule has 0 radical (unpaired) electrons. The Morgan fingerprint density at radius 2 is 1.95 bits per heavy atom. The summed E-state index contributed by atoms with van der Waals surface area (Å²) >= 11 is 0. The van der Waals surface area contributed by atoms with E-state index in [0.717, 1.165) is 39.1 Å². The highest BCUT2D eigenvalue weighted by Gasteiger charge is 2.19. The first-order valence-electron chi connectivity index (χ1n) is 8.09. The van der Waals surface area contributed by atoms with E-state index in [1.165, 1.54) is 17.1 Å². The number of rotatable bonds is 11. The van der Waals surface area contributed by atoms with Gasteiger partial charge in [-0.25, -0.2) is 4.72 Å². The van der Waals surface area contributed by atoms with Gasteiger partial charge in [-0.1, -0.05) is 13.8 Å². The van der Waals surface area contributed by atoms with Crippen molar-refractivity contribution in [1.82, 2.24) is 19.2 Å². The Bertz CT molecular complexity index is 369. The van der Waals surface area contributed by atoms with Crippen LogP contribution < -0.4 is 10.0 Å². The number of hydrogen-bond donors (Lipinski definition) is 2. The molecular weight excluding hydrogens is 288 g/mol. The number of nitrogens with one attached hydrogen (secondary N) is 2. The first-order valence-corrected chi connectivity index (χ1v) is 9.53. The molecule has 0 saturated carbocycles. The second-order valence-electron chi connectivity index (χ2n) is 6.00. The zero-order valence-corrected chi connectivity index (χ0v) is 14.6. The maximum atomic E-state index is 12.1. The minimum absolute atomic E-state index is 0.341. The van der Waals surface area contributed by atoms with Gasteiger partial charge in [-0.05, 0) is 51.4 Å². The summed E-state index contributed by atoms with van der Waals surface area (Å²) in [5, 5.41) is 3.20. The highest BCUT2D eigenvalue weighted by Crippen LogP contribution is 2.10. The molecule has 0 aromatic carbocycles. The van der Waals surface area contributed by atoms with Crippen molar-refractivity contribution < 1.29 is 8.42 Å². The van der Waals surface area contributed by atoms with Gasteiger partial charge in [0.2, 0.25) is 0 Å². The van der Waals surface area contributed by atoms with Crippen LogP contribution in [0.5, 0.6) is 0 Å². The Labute approximate surface area is 130 Å². The van der Waals surface area contributed by atoms with Crippen LogP contribution >= 0.6 is 0 Å². The lowest BCUT2D eigenvalue weighted by molar-refractivity contribution is 0.287. The lowest BCUT2D eigenvalue weighted by Gasteiger charge is -2.22. The third-order valence-electron chi connectivity index (χ3n) is 3.87. The first kappa shape index (κ1) is 18.8. The standard InChI is InChI=1S/C14H32N4O2S/c1-4-15-8-7-9-17(3)21(19,20)16-12-14(2)13-18-10-5-6-11-18/h14-16H,4-13H2,1-3H3. The summed E-state index contributed by atoms with van der Waals surface area (Å²) in [5.41, 5.74) is 0. The zero-order valence-electron chi connectivity index (χ0n) is 13.8. The first-order chi connectivity index (χ1) is 9.95. The molecule has 0 bridgehead atoms. The Hall–Kier alpha value is -0.210. The van der Waals surface area contributed by atoms with Crippen LogP contribution in [-0.2, 0) is 10.2 Å². The van der Waals surface area contributed by atoms with Gasteiger partial charge in [0, 0.05) is 26.7 Å². The Kier molecular flexibility index (Phi) is 8.73. The van der Waals surface area contributed by atoms with Gasteiger partial charge >= 0.3 is 0 Å². The molecule has 0 spiro atoms. The second-order valence-corrected chi connectivity index (χ2v) is 7.86. The Morgan fingerprint density at radius 1 is 1.29 bits per heavy atom. The minimum atomic E-state index is -3.34. The topological polar surface area (TPSA) is 64.7 Å². The van der Waals surface area contributed by atoms with Crippen molar-refractivity contribution in [3.8, 4) is 0 Å². The third-order valence-corrected chi connectivity index (χ3v) is 5.40. The molecule has 1 rings (SSSR count). The molecule has 126 valence electrons. The predicted octanol–water partition coefficient (Wildman–Crippen LogP) is 0.484. The van der Waals surface area contributed by atoms with E-state index in [4.69, 9.17) is 0 Å². The molecule has 1 aliphatic heterocycles. The quantitative estimate of drug-likeness (QED) is 0.544. The average molecular weight is 321 g/mol. The molecular formula is C14H32N4O2S. The van der Waals surface area contributed by atoms with Gasteiger partial charge in [-0.2, -0.15) is 12.7 Å². The van der Waals surface area contributed by atoms with Crippen LogP contribution in [0.1, 0.15) is 33.1 Å². The second kappa shape index (κ2) is 9.74. The maximum Gasteiger partial charge on any atom is 0.279 e. The molecule has 0 amide bonds. The Balaban J connectivity index is 2.23. The van der Waals surface area contributed by atoms with Crippen molar-refractivity contribution >= 4 is 10.2 Å². The largest absolute Gasteiger partial charge is 0.317 e. The van der Waals surface area contributed by atoms with E-state index in [-0.39, 0.29) is 0 Å². The fraction of sp³-hybridized carbons (Fsp3) is 1.00. The van der Waals surface area contributed by atoms with Crippen molar-refractivity contribution in [1.29, 1.82) is 0 Å². The number of likely N-dealkylation sites (tertiary alicyclic amines) is 1. The van der Waals surface area contributed by atoms with Crippen molar-refractivity contribution in [3.05, 3.63) is 0 Å². The van der Waals surface area contributed by atoms with E-state index >= 15 is 0 Å². The molecule has 1 atom stereocenters. The van der Waals surface area contributed by atoms with Gasteiger partial charge in [0.1, 0.15) is 0 Å². The SMILES string of the molecule is CCNCCCN(C)S(=O)(=O)NCC(C)CN1CCCC1. The van der Waals surface area contributed by atoms with Gasteiger partial charge in [-0.15, -0.1) is 0 Å². The van der Waals surface area contributed by atoms with Crippen LogP contribution in [0, 0.1) is 5.92 Å². The number of nitrogens with zero attached hydrogens (tertiary/aromatic N) is 2. The van der Waals surface area contributed by atoms with E-state index in [1.807, 2.05) is 6.92 Å². The van der Waals surface area contributed by atoms with E-state index in [9.17, 15) is 8.42 Å². The van der Waals surface area contributed by atoms with Crippen LogP contribution in [0.25, 0.3) is 0 Å². The highest BCUT2D eigenvalue weighted by atomic mass is 32.2. The van der Waals surface area contributed by atoms with Gasteiger partial charge in [0.25, 0.3) is 10.2 Å². The number of hydrogen-bond acceptors (Lipinski definition) is 4. The molecule has 21 heavy (non-hydrogen) atoms. The molecule has 1 heterocycles. The molecule has 2 N–H and O–H groups in total. The molecule has 7 heteroatoms. The lowest BCUT2D eigenvalue weighted by Crippen LogP contribution is -2.42. The molecule has 1 saturated heterocycles. The summed E-state index contributed by atoms with van der Waals surface area (Å²) in [6.45, 7) is 10.3. The van der Waals surface area contributed by atoms with E-state index < -0.39 is 10.2 Å². The average Bonchev–Trinajstić information content (AvgIpc) is 2.94. The van der Waals surface area contributed by atoms with Crippen LogP contribution in [0.2, 0.25) is 0 Å². The lowest BCUT2D eigenvalue weighted by atomic mass is 10.2. The molecule has 1 unspecified atom stereocenters. The van der Waals surface area contributed by atoms with Crippen LogP contribution in [0.3, 0.4) is 0 Å². The summed E-state index contributed by atoms with van der Waals surface area (Å²) < 4.78 is 28.4. The fourth-order valence-corrected chi connectivity index (χ4v) is 3.64. The normalized spacial score (nSPS) is 18.5. The summed E-state index contributed by atoms with van der Waals surface area (Å²) in [6.07, 6.45) is 3.37. The van der Waals surface area contributed by atoms with Gasteiger partial charge in [0.15, 0.2) is 0 Å². The monoisotopic (exact) mass is 320 g/mol. The molecule has 1 aliphatic rings. The van der Waals surface area contributed by atoms with Crippen molar-refractivity contribution in [2.24, 2.45) is 5.92 Å². The summed E-state index contributed by atoms with van der Waals surface area (Å²) in [6, 6.07) is 0. The highest BCUT2D eigenvalue weighted by molar-refractivity contribution is 7.87. The molecule has 0 aromatic rings. The minimum Gasteiger partial charge on any atom is -0.317 e. The molecule has 6 nitrogen and oxygen atoms in total. The van der Waals surface area contributed by atoms with Crippen LogP contribution in [0.15, 0.2) is 0 Å². The predicted molar refractivity (Wildman–Crippen MR) is 87.6 cm³/mol. The van der Waals surface area contributed by atoms with E-state index in [0.29, 0.717) is 19.0 Å². The summed E-state index contributed by atoms with van der Waals surface area (Å²) in [7, 11) is -1.70. The molecule has 0 aromatic heterocycles. The third kappa shape index (κ3) is 7.56. The van der Waals surface area contributed by atoms with Gasteiger partial charge in [-0.3, -0.25) is 0 Å². The van der Waals surface area contributed by atoms with Crippen molar-refractivity contribution in [3.63, 3.8) is 0 Å². The van der Waals surface area contributed by atoms with Crippen molar-refractivity contribution in [2.75, 3.05) is 52.9 Å². The van der Waals surface area contributed by atoms with E-state index in [1.54, 1.807) is 7.05 Å².